The van der Waals surface area contributed by atoms with E-state index >= 15 is 0 Å². The van der Waals surface area contributed by atoms with Crippen molar-refractivity contribution in [2.24, 2.45) is 0 Å². The predicted molar refractivity (Wildman–Crippen MR) is 54.1 cm³/mol. The van der Waals surface area contributed by atoms with Gasteiger partial charge in [0.1, 0.15) is 0 Å². The first kappa shape index (κ1) is 13.0. The van der Waals surface area contributed by atoms with Gasteiger partial charge in [-0.3, -0.25) is 24.1 Å². The van der Waals surface area contributed by atoms with Gasteiger partial charge in [-0.1, -0.05) is 0 Å². The number of aromatic amines is 2. The quantitative estimate of drug-likeness (QED) is 0.272. The summed E-state index contributed by atoms with van der Waals surface area (Å²) in [7, 11) is -4.67. The summed E-state index contributed by atoms with van der Waals surface area (Å²) >= 11 is 0. The van der Waals surface area contributed by atoms with Crippen LogP contribution >= 0.6 is 0 Å². The van der Waals surface area contributed by atoms with E-state index in [9.17, 15) is 4.79 Å². The van der Waals surface area contributed by atoms with Crippen LogP contribution in [0.1, 0.15) is 0 Å². The van der Waals surface area contributed by atoms with Crippen LogP contribution in [-0.2, 0) is 10.4 Å². The Morgan fingerprint density at radius 2 is 1.94 bits per heavy atom. The molecule has 0 bridgehead atoms. The fraction of sp³-hybridized carbons (Fsp3) is 0. The van der Waals surface area contributed by atoms with Gasteiger partial charge in [0.05, 0.1) is 6.33 Å². The number of hydrogen-bond donors (Lipinski definition) is 6. The van der Waals surface area contributed by atoms with E-state index in [0.29, 0.717) is 0 Å². The van der Waals surface area contributed by atoms with Gasteiger partial charge < -0.3 is 4.98 Å². The van der Waals surface area contributed by atoms with E-state index in [0.717, 1.165) is 0 Å². The molecule has 2 rings (SSSR count). The van der Waals surface area contributed by atoms with Gasteiger partial charge in [0, 0.05) is 0 Å². The lowest BCUT2D eigenvalue weighted by Crippen LogP contribution is -2.11. The Morgan fingerprint density at radius 1 is 1.35 bits per heavy atom. The molecule has 0 aliphatic carbocycles. The third-order valence-corrected chi connectivity index (χ3v) is 1.40. The molecule has 0 atom stereocenters. The maximum Gasteiger partial charge on any atom is 0.394 e. The second-order valence-electron chi connectivity index (χ2n) is 2.58. The number of nitrogens with zero attached hydrogens (tertiary/aromatic N) is 2. The van der Waals surface area contributed by atoms with E-state index in [4.69, 9.17) is 22.7 Å². The predicted octanol–water partition coefficient (Wildman–Crippen LogP) is -1.21. The number of anilines is 1. The number of fused-ring (bicyclic) bond motifs is 1. The first-order valence-corrected chi connectivity index (χ1v) is 5.24. The number of H-pyrrole nitrogens is 2. The second-order valence-corrected chi connectivity index (χ2v) is 3.47. The third kappa shape index (κ3) is 4.15. The fourth-order valence-corrected chi connectivity index (χ4v) is 0.896. The smallest absolute Gasteiger partial charge is 0.339 e. The zero-order valence-corrected chi connectivity index (χ0v) is 8.76. The minimum atomic E-state index is -4.67. The Bertz CT molecular complexity index is 651. The first-order chi connectivity index (χ1) is 7.81. The normalized spacial score (nSPS) is 10.8. The van der Waals surface area contributed by atoms with E-state index in [2.05, 4.69) is 19.9 Å². The third-order valence-electron chi connectivity index (χ3n) is 1.40. The Hall–Kier alpha value is -2.02. The highest BCUT2D eigenvalue weighted by Crippen LogP contribution is 2.00. The summed E-state index contributed by atoms with van der Waals surface area (Å²) in [6.45, 7) is 0. The van der Waals surface area contributed by atoms with Crippen molar-refractivity contribution < 1.29 is 22.7 Å². The van der Waals surface area contributed by atoms with Crippen LogP contribution in [0.25, 0.3) is 11.2 Å². The average molecular weight is 265 g/mol. The Kier molecular flexibility index (Phi) is 3.74. The van der Waals surface area contributed by atoms with Crippen molar-refractivity contribution in [3.05, 3.63) is 16.7 Å². The molecule has 0 spiro atoms. The molecule has 0 radical (unpaired) electrons. The minimum absolute atomic E-state index is 0.0281. The van der Waals surface area contributed by atoms with Crippen molar-refractivity contribution in [3.63, 3.8) is 0 Å². The van der Waals surface area contributed by atoms with Gasteiger partial charge in [0.25, 0.3) is 5.56 Å². The first-order valence-electron chi connectivity index (χ1n) is 3.84. The molecule has 0 amide bonds. The standard InChI is InChI=1S/C5H5N5O2.H2O4S/c11-4-2-3(7-1-6-2)8-5(9-4)10-12;1-5(2,3)4/h1,12H,(H3,6,7,8,9,10,11);(H2,1,2,3,4). The van der Waals surface area contributed by atoms with Crippen molar-refractivity contribution in [1.29, 1.82) is 0 Å². The average Bonchev–Trinajstić information content (AvgIpc) is 2.63. The van der Waals surface area contributed by atoms with Crippen LogP contribution in [0.15, 0.2) is 11.1 Å². The molecule has 2 aromatic heterocycles. The van der Waals surface area contributed by atoms with Gasteiger partial charge in [-0.25, -0.2) is 10.5 Å². The van der Waals surface area contributed by atoms with E-state index in [-0.39, 0.29) is 22.7 Å². The van der Waals surface area contributed by atoms with Crippen LogP contribution in [0.5, 0.6) is 0 Å². The summed E-state index contributed by atoms with van der Waals surface area (Å²) in [5, 5.41) is 8.44. The van der Waals surface area contributed by atoms with Crippen molar-refractivity contribution in [2.75, 3.05) is 5.48 Å². The molecular formula is C5H7N5O6S. The molecule has 0 aliphatic rings. The number of imidazole rings is 1. The van der Waals surface area contributed by atoms with E-state index in [1.54, 1.807) is 5.48 Å². The molecule has 12 heteroatoms. The number of nitrogens with one attached hydrogen (secondary N) is 3. The lowest BCUT2D eigenvalue weighted by molar-refractivity contribution is 0.380. The number of rotatable bonds is 1. The Morgan fingerprint density at radius 3 is 2.47 bits per heavy atom. The highest BCUT2D eigenvalue weighted by molar-refractivity contribution is 7.79. The summed E-state index contributed by atoms with van der Waals surface area (Å²) in [5.41, 5.74) is 1.89. The molecule has 0 aromatic carbocycles. The van der Waals surface area contributed by atoms with Gasteiger partial charge >= 0.3 is 10.4 Å². The minimum Gasteiger partial charge on any atom is -0.339 e. The zero-order valence-electron chi connectivity index (χ0n) is 7.95. The van der Waals surface area contributed by atoms with E-state index in [1.165, 1.54) is 6.33 Å². The molecule has 0 aliphatic heterocycles. The summed E-state index contributed by atoms with van der Waals surface area (Å²) in [5.74, 6) is -0.0281. The van der Waals surface area contributed by atoms with Crippen molar-refractivity contribution in [1.82, 2.24) is 19.9 Å². The van der Waals surface area contributed by atoms with Crippen LogP contribution < -0.4 is 11.0 Å². The topological polar surface area (TPSA) is 181 Å². The van der Waals surface area contributed by atoms with E-state index < -0.39 is 10.4 Å². The summed E-state index contributed by atoms with van der Waals surface area (Å²) < 4.78 is 31.6. The van der Waals surface area contributed by atoms with Crippen LogP contribution in [0.4, 0.5) is 5.95 Å². The van der Waals surface area contributed by atoms with E-state index in [1.807, 2.05) is 0 Å². The maximum atomic E-state index is 11.1. The molecule has 2 heterocycles. The Labute approximate surface area is 93.1 Å². The maximum absolute atomic E-state index is 11.1. The van der Waals surface area contributed by atoms with Crippen LogP contribution in [0, 0.1) is 0 Å². The SMILES string of the molecule is O=S(=O)(O)O.O=c1[nH]c(NO)nc2nc[nH]c12. The molecule has 11 nitrogen and oxygen atoms in total. The van der Waals surface area contributed by atoms with Crippen LogP contribution in [-0.4, -0.2) is 42.7 Å². The van der Waals surface area contributed by atoms with Gasteiger partial charge in [-0.05, 0) is 0 Å². The van der Waals surface area contributed by atoms with Crippen molar-refractivity contribution >= 4 is 27.5 Å². The molecule has 0 fully saturated rings. The molecule has 17 heavy (non-hydrogen) atoms. The highest BCUT2D eigenvalue weighted by Gasteiger charge is 2.03. The van der Waals surface area contributed by atoms with Gasteiger partial charge in [0.2, 0.25) is 5.95 Å². The second kappa shape index (κ2) is 4.88. The molecule has 0 saturated carbocycles. The number of aromatic nitrogens is 4. The Balaban J connectivity index is 0.000000249. The van der Waals surface area contributed by atoms with Crippen LogP contribution in [0.3, 0.4) is 0 Å². The van der Waals surface area contributed by atoms with Gasteiger partial charge in [0.15, 0.2) is 11.2 Å². The summed E-state index contributed by atoms with van der Waals surface area (Å²) in [6, 6.07) is 0. The monoisotopic (exact) mass is 265 g/mol. The van der Waals surface area contributed by atoms with Gasteiger partial charge in [-0.15, -0.1) is 0 Å². The molecular weight excluding hydrogens is 258 g/mol. The van der Waals surface area contributed by atoms with Crippen LogP contribution in [0.2, 0.25) is 0 Å². The lowest BCUT2D eigenvalue weighted by atomic mass is 10.5. The molecule has 6 N–H and O–H groups in total. The number of hydrogen-bond acceptors (Lipinski definition) is 7. The highest BCUT2D eigenvalue weighted by atomic mass is 32.3. The zero-order chi connectivity index (χ0) is 13.1. The van der Waals surface area contributed by atoms with Crippen molar-refractivity contribution in [2.45, 2.75) is 0 Å². The summed E-state index contributed by atoms with van der Waals surface area (Å²) in [6.07, 6.45) is 1.36. The van der Waals surface area contributed by atoms with Gasteiger partial charge in [-0.2, -0.15) is 13.4 Å². The van der Waals surface area contributed by atoms with Crippen molar-refractivity contribution in [3.8, 4) is 0 Å². The lowest BCUT2D eigenvalue weighted by Gasteiger charge is -1.94. The fourth-order valence-electron chi connectivity index (χ4n) is 0.896. The molecule has 0 unspecified atom stereocenters. The summed E-state index contributed by atoms with van der Waals surface area (Å²) in [4.78, 5) is 23.5. The largest absolute Gasteiger partial charge is 0.394 e. The molecule has 0 saturated heterocycles. The molecule has 94 valence electrons. The molecule has 2 aromatic rings.